The fourth-order valence-electron chi connectivity index (χ4n) is 2.75. The zero-order valence-electron chi connectivity index (χ0n) is 16.0. The summed E-state index contributed by atoms with van der Waals surface area (Å²) in [5.74, 6) is -0.263. The maximum absolute atomic E-state index is 12.9. The smallest absolute Gasteiger partial charge is 0.451 e. The number of alkyl halides is 3. The first kappa shape index (κ1) is 21.4. The number of fused-ring (bicyclic) bond motifs is 1. The Kier molecular flexibility index (Phi) is 5.88. The van der Waals surface area contributed by atoms with Crippen LogP contribution in [0.2, 0.25) is 0 Å². The predicted octanol–water partition coefficient (Wildman–Crippen LogP) is 2.38. The van der Waals surface area contributed by atoms with Crippen LogP contribution in [-0.2, 0) is 25.5 Å². The van der Waals surface area contributed by atoms with Gasteiger partial charge in [-0.15, -0.1) is 10.2 Å². The Labute approximate surface area is 172 Å². The molecule has 0 atom stereocenters. The quantitative estimate of drug-likeness (QED) is 0.538. The van der Waals surface area contributed by atoms with E-state index in [4.69, 9.17) is 14.7 Å². The number of thioether (sulfide) groups is 1. The number of hydrogen-bond donors (Lipinski definition) is 0. The van der Waals surface area contributed by atoms with Crippen molar-refractivity contribution in [1.82, 2.24) is 24.3 Å². The highest BCUT2D eigenvalue weighted by Crippen LogP contribution is 2.32. The monoisotopic (exact) mass is 440 g/mol. The average Bonchev–Trinajstić information content (AvgIpc) is 3.08. The molecule has 0 radical (unpaired) electrons. The molecular formula is C17H15F3N6O3S. The van der Waals surface area contributed by atoms with Gasteiger partial charge >= 0.3 is 6.18 Å². The lowest BCUT2D eigenvalue weighted by atomic mass is 10.2. The first-order valence-electron chi connectivity index (χ1n) is 8.33. The summed E-state index contributed by atoms with van der Waals surface area (Å²) in [6, 6.07) is 4.87. The maximum atomic E-state index is 12.9. The van der Waals surface area contributed by atoms with Gasteiger partial charge in [-0.05, 0) is 6.07 Å². The summed E-state index contributed by atoms with van der Waals surface area (Å²) in [4.78, 5) is 17.3. The van der Waals surface area contributed by atoms with E-state index in [1.165, 1.54) is 33.4 Å². The van der Waals surface area contributed by atoms with Gasteiger partial charge in [-0.1, -0.05) is 11.8 Å². The van der Waals surface area contributed by atoms with Crippen LogP contribution in [-0.4, -0.2) is 38.5 Å². The molecule has 0 aliphatic carbocycles. The molecule has 0 fully saturated rings. The first-order valence-corrected chi connectivity index (χ1v) is 9.31. The SMILES string of the molecule is COc1cc2nc(CSc3nnc(C(F)(F)F)n3C)n(CC#N)c(=O)c2cc1OC. The van der Waals surface area contributed by atoms with Crippen LogP contribution < -0.4 is 15.0 Å². The highest BCUT2D eigenvalue weighted by molar-refractivity contribution is 7.98. The topological polar surface area (TPSA) is 108 Å². The van der Waals surface area contributed by atoms with Crippen LogP contribution in [0.25, 0.3) is 10.9 Å². The van der Waals surface area contributed by atoms with Gasteiger partial charge in [0.05, 0.1) is 36.9 Å². The number of nitriles is 1. The van der Waals surface area contributed by atoms with Crippen LogP contribution in [0.1, 0.15) is 11.6 Å². The molecule has 13 heteroatoms. The van der Waals surface area contributed by atoms with Gasteiger partial charge in [0.15, 0.2) is 16.7 Å². The van der Waals surface area contributed by atoms with Crippen molar-refractivity contribution in [2.75, 3.05) is 14.2 Å². The third-order valence-corrected chi connectivity index (χ3v) is 5.20. The molecule has 1 aromatic carbocycles. The summed E-state index contributed by atoms with van der Waals surface area (Å²) in [5, 5.41) is 16.0. The molecule has 2 heterocycles. The zero-order chi connectivity index (χ0) is 22.1. The van der Waals surface area contributed by atoms with Crippen molar-refractivity contribution in [3.05, 3.63) is 34.1 Å². The van der Waals surface area contributed by atoms with Crippen molar-refractivity contribution in [3.63, 3.8) is 0 Å². The third-order valence-electron chi connectivity index (χ3n) is 4.19. The zero-order valence-corrected chi connectivity index (χ0v) is 16.8. The lowest BCUT2D eigenvalue weighted by Gasteiger charge is -2.13. The summed E-state index contributed by atoms with van der Waals surface area (Å²) in [5.41, 5.74) is -0.177. The fraction of sp³-hybridized carbons (Fsp3) is 0.353. The minimum atomic E-state index is -4.64. The van der Waals surface area contributed by atoms with Crippen molar-refractivity contribution in [2.24, 2.45) is 7.05 Å². The molecule has 0 N–H and O–H groups in total. The molecule has 3 aromatic rings. The molecule has 0 aliphatic rings. The Bertz CT molecular complexity index is 1200. The number of aromatic nitrogens is 5. The van der Waals surface area contributed by atoms with Crippen molar-refractivity contribution in [2.45, 2.75) is 23.6 Å². The molecule has 0 saturated carbocycles. The molecule has 0 spiro atoms. The van der Waals surface area contributed by atoms with Gasteiger partial charge in [0.1, 0.15) is 12.4 Å². The van der Waals surface area contributed by atoms with Crippen LogP contribution in [0.15, 0.2) is 22.1 Å². The van der Waals surface area contributed by atoms with Crippen LogP contribution >= 0.6 is 11.8 Å². The van der Waals surface area contributed by atoms with Crippen LogP contribution in [0, 0.1) is 11.3 Å². The van der Waals surface area contributed by atoms with Gasteiger partial charge in [-0.2, -0.15) is 18.4 Å². The van der Waals surface area contributed by atoms with Gasteiger partial charge in [0, 0.05) is 13.1 Å². The molecule has 158 valence electrons. The molecular weight excluding hydrogens is 425 g/mol. The van der Waals surface area contributed by atoms with Gasteiger partial charge in [0.2, 0.25) is 5.82 Å². The second kappa shape index (κ2) is 8.23. The normalized spacial score (nSPS) is 11.5. The molecule has 0 amide bonds. The van der Waals surface area contributed by atoms with E-state index < -0.39 is 17.6 Å². The van der Waals surface area contributed by atoms with Gasteiger partial charge in [0.25, 0.3) is 5.56 Å². The number of rotatable bonds is 6. The number of benzene rings is 1. The molecule has 0 bridgehead atoms. The summed E-state index contributed by atoms with van der Waals surface area (Å²) >= 11 is 0.914. The molecule has 2 aromatic heterocycles. The van der Waals surface area contributed by atoms with E-state index in [1.54, 1.807) is 0 Å². The van der Waals surface area contributed by atoms with Crippen molar-refractivity contribution >= 4 is 22.7 Å². The standard InChI is InChI=1S/C17H15F3N6O3S/c1-25-15(17(18,19)20)23-24-16(25)30-8-13-22-10-7-12(29-3)11(28-2)6-9(10)14(27)26(13)5-4-21/h6-7H,5,8H2,1-3H3. The Balaban J connectivity index is 2.05. The van der Waals surface area contributed by atoms with Gasteiger partial charge in [-0.3, -0.25) is 9.36 Å². The molecule has 0 unspecified atom stereocenters. The van der Waals surface area contributed by atoms with E-state index in [0.29, 0.717) is 17.0 Å². The highest BCUT2D eigenvalue weighted by atomic mass is 32.2. The lowest BCUT2D eigenvalue weighted by molar-refractivity contribution is -0.147. The highest BCUT2D eigenvalue weighted by Gasteiger charge is 2.37. The van der Waals surface area contributed by atoms with Gasteiger partial charge < -0.3 is 14.0 Å². The Morgan fingerprint density at radius 2 is 1.87 bits per heavy atom. The van der Waals surface area contributed by atoms with Gasteiger partial charge in [-0.25, -0.2) is 4.98 Å². The second-order valence-electron chi connectivity index (χ2n) is 5.95. The lowest BCUT2D eigenvalue weighted by Crippen LogP contribution is -2.25. The van der Waals surface area contributed by atoms with E-state index >= 15 is 0 Å². The molecule has 30 heavy (non-hydrogen) atoms. The molecule has 3 rings (SSSR count). The fourth-order valence-corrected chi connectivity index (χ4v) is 3.61. The second-order valence-corrected chi connectivity index (χ2v) is 6.90. The number of ether oxygens (including phenoxy) is 2. The van der Waals surface area contributed by atoms with E-state index in [1.807, 2.05) is 6.07 Å². The van der Waals surface area contributed by atoms with E-state index in [9.17, 15) is 18.0 Å². The number of nitrogens with zero attached hydrogens (tertiary/aromatic N) is 6. The van der Waals surface area contributed by atoms with Crippen LogP contribution in [0.4, 0.5) is 13.2 Å². The van der Waals surface area contributed by atoms with E-state index in [-0.39, 0.29) is 28.7 Å². The van der Waals surface area contributed by atoms with E-state index in [0.717, 1.165) is 20.9 Å². The predicted molar refractivity (Wildman–Crippen MR) is 100 cm³/mol. The Morgan fingerprint density at radius 1 is 1.20 bits per heavy atom. The number of halogens is 3. The largest absolute Gasteiger partial charge is 0.493 e. The Hall–Kier alpha value is -3.27. The Morgan fingerprint density at radius 3 is 2.43 bits per heavy atom. The molecule has 0 aliphatic heterocycles. The minimum Gasteiger partial charge on any atom is -0.493 e. The van der Waals surface area contributed by atoms with Crippen LogP contribution in [0.5, 0.6) is 11.5 Å². The third kappa shape index (κ3) is 3.90. The summed E-state index contributed by atoms with van der Waals surface area (Å²) < 4.78 is 51.1. The minimum absolute atomic E-state index is 0.00695. The number of methoxy groups -OCH3 is 2. The first-order chi connectivity index (χ1) is 14.2. The maximum Gasteiger partial charge on any atom is 0.451 e. The summed E-state index contributed by atoms with van der Waals surface area (Å²) in [7, 11) is 4.05. The molecule has 9 nitrogen and oxygen atoms in total. The average molecular weight is 440 g/mol. The molecule has 0 saturated heterocycles. The van der Waals surface area contributed by atoms with Crippen molar-refractivity contribution in [3.8, 4) is 17.6 Å². The van der Waals surface area contributed by atoms with Crippen molar-refractivity contribution in [1.29, 1.82) is 5.26 Å². The van der Waals surface area contributed by atoms with Crippen LogP contribution in [0.3, 0.4) is 0 Å². The number of hydrogen-bond acceptors (Lipinski definition) is 8. The van der Waals surface area contributed by atoms with E-state index in [2.05, 4.69) is 15.2 Å². The summed E-state index contributed by atoms with van der Waals surface area (Å²) in [6.45, 7) is -0.279. The van der Waals surface area contributed by atoms with Crippen molar-refractivity contribution < 1.29 is 22.6 Å². The summed E-state index contributed by atoms with van der Waals surface area (Å²) in [6.07, 6.45) is -4.64.